The second-order valence-corrected chi connectivity index (χ2v) is 4.72. The Morgan fingerprint density at radius 1 is 1.33 bits per heavy atom. The van der Waals surface area contributed by atoms with Crippen LogP contribution in [-0.2, 0) is 6.42 Å². The molecule has 0 aliphatic carbocycles. The molecule has 0 spiro atoms. The molecule has 3 nitrogen and oxygen atoms in total. The Bertz CT molecular complexity index is 352. The van der Waals surface area contributed by atoms with Crippen molar-refractivity contribution in [1.29, 1.82) is 0 Å². The van der Waals surface area contributed by atoms with Crippen molar-refractivity contribution in [2.24, 2.45) is 11.7 Å². The summed E-state index contributed by atoms with van der Waals surface area (Å²) in [4.78, 5) is 0. The lowest BCUT2D eigenvalue weighted by atomic mass is 10.1. The third kappa shape index (κ3) is 4.57. The van der Waals surface area contributed by atoms with Crippen LogP contribution in [0.25, 0.3) is 0 Å². The van der Waals surface area contributed by atoms with Crippen LogP contribution in [0.15, 0.2) is 18.2 Å². The average Bonchev–Trinajstić information content (AvgIpc) is 2.38. The first kappa shape index (κ1) is 14.8. The summed E-state index contributed by atoms with van der Waals surface area (Å²) in [5.74, 6) is 2.31. The van der Waals surface area contributed by atoms with Gasteiger partial charge < -0.3 is 15.2 Å². The summed E-state index contributed by atoms with van der Waals surface area (Å²) in [5.41, 5.74) is 6.77. The number of nitrogens with two attached hydrogens (primary N) is 1. The van der Waals surface area contributed by atoms with Crippen LogP contribution in [0.1, 0.15) is 32.3 Å². The molecule has 0 saturated carbocycles. The largest absolute Gasteiger partial charge is 0.497 e. The molecule has 0 aliphatic heterocycles. The molecule has 1 rings (SSSR count). The van der Waals surface area contributed by atoms with E-state index < -0.39 is 0 Å². The van der Waals surface area contributed by atoms with Crippen molar-refractivity contribution in [1.82, 2.24) is 0 Å². The van der Waals surface area contributed by atoms with Crippen molar-refractivity contribution in [2.75, 3.05) is 20.3 Å². The van der Waals surface area contributed by atoms with E-state index >= 15 is 0 Å². The van der Waals surface area contributed by atoms with E-state index in [1.54, 1.807) is 7.11 Å². The van der Waals surface area contributed by atoms with Crippen LogP contribution >= 0.6 is 0 Å². The highest BCUT2D eigenvalue weighted by Crippen LogP contribution is 2.25. The van der Waals surface area contributed by atoms with Gasteiger partial charge in [-0.05, 0) is 36.9 Å². The normalized spacial score (nSPS) is 12.2. The Hall–Kier alpha value is -1.22. The SMILES string of the molecule is CCCC(C)COc1cc(OC)ccc1CCN. The minimum atomic E-state index is 0.576. The summed E-state index contributed by atoms with van der Waals surface area (Å²) in [7, 11) is 1.67. The summed E-state index contributed by atoms with van der Waals surface area (Å²) in [6.07, 6.45) is 3.22. The zero-order valence-electron chi connectivity index (χ0n) is 11.7. The number of hydrogen-bond acceptors (Lipinski definition) is 3. The lowest BCUT2D eigenvalue weighted by molar-refractivity contribution is 0.248. The van der Waals surface area contributed by atoms with Crippen molar-refractivity contribution in [3.05, 3.63) is 23.8 Å². The molecule has 1 aromatic carbocycles. The standard InChI is InChI=1S/C15H25NO2/c1-4-5-12(2)11-18-15-10-14(17-3)7-6-13(15)8-9-16/h6-7,10,12H,4-5,8-9,11,16H2,1-3H3. The van der Waals surface area contributed by atoms with E-state index in [0.717, 1.165) is 30.1 Å². The smallest absolute Gasteiger partial charge is 0.126 e. The molecule has 102 valence electrons. The van der Waals surface area contributed by atoms with E-state index in [0.29, 0.717) is 12.5 Å². The van der Waals surface area contributed by atoms with Gasteiger partial charge in [-0.2, -0.15) is 0 Å². The number of ether oxygens (including phenoxy) is 2. The summed E-state index contributed by atoms with van der Waals surface area (Å²) in [6.45, 7) is 5.79. The first-order chi connectivity index (χ1) is 8.71. The average molecular weight is 251 g/mol. The minimum absolute atomic E-state index is 0.576. The van der Waals surface area contributed by atoms with Crippen LogP contribution in [0.3, 0.4) is 0 Å². The number of rotatable bonds is 8. The lowest BCUT2D eigenvalue weighted by Crippen LogP contribution is -2.11. The lowest BCUT2D eigenvalue weighted by Gasteiger charge is -2.15. The van der Waals surface area contributed by atoms with Gasteiger partial charge >= 0.3 is 0 Å². The van der Waals surface area contributed by atoms with Crippen molar-refractivity contribution >= 4 is 0 Å². The van der Waals surface area contributed by atoms with Gasteiger partial charge in [-0.15, -0.1) is 0 Å². The fourth-order valence-electron chi connectivity index (χ4n) is 1.97. The summed E-state index contributed by atoms with van der Waals surface area (Å²) in [5, 5.41) is 0. The second-order valence-electron chi connectivity index (χ2n) is 4.72. The Balaban J connectivity index is 2.70. The first-order valence-electron chi connectivity index (χ1n) is 6.71. The highest BCUT2D eigenvalue weighted by Gasteiger charge is 2.08. The topological polar surface area (TPSA) is 44.5 Å². The summed E-state index contributed by atoms with van der Waals surface area (Å²) in [6, 6.07) is 5.93. The van der Waals surface area contributed by atoms with Gasteiger partial charge in [0.05, 0.1) is 13.7 Å². The molecule has 0 aliphatic rings. The highest BCUT2D eigenvalue weighted by atomic mass is 16.5. The molecule has 3 heteroatoms. The predicted octanol–water partition coefficient (Wildman–Crippen LogP) is 3.01. The molecule has 1 aromatic rings. The van der Waals surface area contributed by atoms with Gasteiger partial charge in [0, 0.05) is 6.07 Å². The molecule has 0 aromatic heterocycles. The van der Waals surface area contributed by atoms with Crippen molar-refractivity contribution in [3.8, 4) is 11.5 Å². The molecule has 1 atom stereocenters. The van der Waals surface area contributed by atoms with E-state index in [1.807, 2.05) is 18.2 Å². The molecular weight excluding hydrogens is 226 g/mol. The van der Waals surface area contributed by atoms with Gasteiger partial charge in [-0.25, -0.2) is 0 Å². The molecule has 0 radical (unpaired) electrons. The minimum Gasteiger partial charge on any atom is -0.497 e. The van der Waals surface area contributed by atoms with Gasteiger partial charge in [0.1, 0.15) is 11.5 Å². The van der Waals surface area contributed by atoms with Crippen LogP contribution in [0.5, 0.6) is 11.5 Å². The fraction of sp³-hybridized carbons (Fsp3) is 0.600. The van der Waals surface area contributed by atoms with Crippen LogP contribution in [0, 0.1) is 5.92 Å². The molecule has 0 heterocycles. The molecule has 1 unspecified atom stereocenters. The van der Waals surface area contributed by atoms with Crippen LogP contribution < -0.4 is 15.2 Å². The summed E-state index contributed by atoms with van der Waals surface area (Å²) >= 11 is 0. The highest BCUT2D eigenvalue weighted by molar-refractivity contribution is 5.41. The molecule has 0 bridgehead atoms. The van der Waals surface area contributed by atoms with Crippen molar-refractivity contribution in [2.45, 2.75) is 33.1 Å². The van der Waals surface area contributed by atoms with Gasteiger partial charge in [0.15, 0.2) is 0 Å². The Kier molecular flexibility index (Phi) is 6.58. The second kappa shape index (κ2) is 7.98. The van der Waals surface area contributed by atoms with E-state index in [1.165, 1.54) is 12.8 Å². The van der Waals surface area contributed by atoms with Gasteiger partial charge in [-0.3, -0.25) is 0 Å². The Morgan fingerprint density at radius 3 is 2.72 bits per heavy atom. The fourth-order valence-corrected chi connectivity index (χ4v) is 1.97. The maximum absolute atomic E-state index is 5.91. The molecular formula is C15H25NO2. The third-order valence-electron chi connectivity index (χ3n) is 2.99. The molecule has 0 saturated heterocycles. The number of hydrogen-bond donors (Lipinski definition) is 1. The zero-order valence-corrected chi connectivity index (χ0v) is 11.7. The predicted molar refractivity (Wildman–Crippen MR) is 75.3 cm³/mol. The van der Waals surface area contributed by atoms with E-state index in [2.05, 4.69) is 13.8 Å². The van der Waals surface area contributed by atoms with Crippen LogP contribution in [-0.4, -0.2) is 20.3 Å². The molecule has 0 fully saturated rings. The number of benzene rings is 1. The van der Waals surface area contributed by atoms with Crippen molar-refractivity contribution < 1.29 is 9.47 Å². The van der Waals surface area contributed by atoms with Gasteiger partial charge in [0.2, 0.25) is 0 Å². The monoisotopic (exact) mass is 251 g/mol. The number of methoxy groups -OCH3 is 1. The molecule has 2 N–H and O–H groups in total. The van der Waals surface area contributed by atoms with E-state index in [4.69, 9.17) is 15.2 Å². The third-order valence-corrected chi connectivity index (χ3v) is 2.99. The van der Waals surface area contributed by atoms with Gasteiger partial charge in [0.25, 0.3) is 0 Å². The van der Waals surface area contributed by atoms with Crippen molar-refractivity contribution in [3.63, 3.8) is 0 Å². The molecule has 18 heavy (non-hydrogen) atoms. The van der Waals surface area contributed by atoms with Gasteiger partial charge in [-0.1, -0.05) is 26.3 Å². The van der Waals surface area contributed by atoms with E-state index in [9.17, 15) is 0 Å². The first-order valence-corrected chi connectivity index (χ1v) is 6.71. The Morgan fingerprint density at radius 2 is 2.11 bits per heavy atom. The maximum Gasteiger partial charge on any atom is 0.126 e. The van der Waals surface area contributed by atoms with Crippen LogP contribution in [0.2, 0.25) is 0 Å². The zero-order chi connectivity index (χ0) is 13.4. The van der Waals surface area contributed by atoms with Crippen LogP contribution in [0.4, 0.5) is 0 Å². The summed E-state index contributed by atoms with van der Waals surface area (Å²) < 4.78 is 11.1. The maximum atomic E-state index is 5.91. The van der Waals surface area contributed by atoms with E-state index in [-0.39, 0.29) is 0 Å². The molecule has 0 amide bonds. The quantitative estimate of drug-likeness (QED) is 0.772. The Labute approximate surface area is 110 Å².